The number of guanidine groups is 1. The fourth-order valence-electron chi connectivity index (χ4n) is 2.55. The molecule has 0 radical (unpaired) electrons. The molecule has 0 spiro atoms. The molecule has 6 nitrogen and oxygen atoms in total. The highest BCUT2D eigenvalue weighted by Gasteiger charge is 2.12. The van der Waals surface area contributed by atoms with Crippen molar-refractivity contribution in [3.8, 4) is 22.8 Å². The SMILES string of the molecule is COc1cccc(OC)c1CNC(=N)Nc1nc(-c2ccccc2F)cs1. The number of thiazole rings is 1. The van der Waals surface area contributed by atoms with E-state index in [1.54, 1.807) is 37.8 Å². The van der Waals surface area contributed by atoms with Gasteiger partial charge in [-0.1, -0.05) is 18.2 Å². The van der Waals surface area contributed by atoms with Crippen LogP contribution in [0, 0.1) is 11.2 Å². The second-order valence-electron chi connectivity index (χ2n) is 5.51. The van der Waals surface area contributed by atoms with Gasteiger partial charge in [-0.05, 0) is 24.3 Å². The summed E-state index contributed by atoms with van der Waals surface area (Å²) in [5.41, 5.74) is 1.76. The molecule has 140 valence electrons. The highest BCUT2D eigenvalue weighted by Crippen LogP contribution is 2.28. The maximum Gasteiger partial charge on any atom is 0.195 e. The maximum atomic E-state index is 13.9. The number of aromatic nitrogens is 1. The fourth-order valence-corrected chi connectivity index (χ4v) is 3.27. The Hall–Kier alpha value is -3.13. The lowest BCUT2D eigenvalue weighted by atomic mass is 10.1. The summed E-state index contributed by atoms with van der Waals surface area (Å²) in [4.78, 5) is 4.34. The Bertz CT molecular complexity index is 923. The normalized spacial score (nSPS) is 10.3. The minimum Gasteiger partial charge on any atom is -0.496 e. The highest BCUT2D eigenvalue weighted by molar-refractivity contribution is 7.14. The lowest BCUT2D eigenvalue weighted by molar-refractivity contribution is 0.384. The van der Waals surface area contributed by atoms with E-state index in [1.807, 2.05) is 18.2 Å². The Morgan fingerprint density at radius 3 is 2.48 bits per heavy atom. The summed E-state index contributed by atoms with van der Waals surface area (Å²) < 4.78 is 24.6. The number of nitrogens with zero attached hydrogens (tertiary/aromatic N) is 1. The zero-order valence-corrected chi connectivity index (χ0v) is 15.7. The molecule has 2 aromatic carbocycles. The first-order valence-electron chi connectivity index (χ1n) is 8.12. The van der Waals surface area contributed by atoms with E-state index in [4.69, 9.17) is 14.9 Å². The van der Waals surface area contributed by atoms with Crippen LogP contribution in [-0.4, -0.2) is 25.2 Å². The molecule has 0 unspecified atom stereocenters. The average Bonchev–Trinajstić information content (AvgIpc) is 3.14. The third kappa shape index (κ3) is 4.35. The number of benzene rings is 2. The summed E-state index contributed by atoms with van der Waals surface area (Å²) in [6.07, 6.45) is 0. The molecule has 3 aromatic rings. The molecule has 1 heterocycles. The zero-order chi connectivity index (χ0) is 19.2. The predicted octanol–water partition coefficient (Wildman–Crippen LogP) is 4.10. The van der Waals surface area contributed by atoms with Crippen LogP contribution in [0.25, 0.3) is 11.3 Å². The number of anilines is 1. The van der Waals surface area contributed by atoms with Crippen molar-refractivity contribution < 1.29 is 13.9 Å². The molecule has 0 aliphatic heterocycles. The molecule has 0 saturated heterocycles. The van der Waals surface area contributed by atoms with Crippen LogP contribution in [0.1, 0.15) is 5.56 Å². The van der Waals surface area contributed by atoms with Crippen molar-refractivity contribution in [2.45, 2.75) is 6.54 Å². The fraction of sp³-hybridized carbons (Fsp3) is 0.158. The molecule has 0 fully saturated rings. The molecule has 0 bridgehead atoms. The van der Waals surface area contributed by atoms with Gasteiger partial charge in [-0.25, -0.2) is 9.37 Å². The summed E-state index contributed by atoms with van der Waals surface area (Å²) in [6.45, 7) is 0.338. The summed E-state index contributed by atoms with van der Waals surface area (Å²) in [5.74, 6) is 1.08. The van der Waals surface area contributed by atoms with E-state index in [1.165, 1.54) is 17.4 Å². The summed E-state index contributed by atoms with van der Waals surface area (Å²) in [7, 11) is 3.17. The van der Waals surface area contributed by atoms with Gasteiger partial charge in [0, 0.05) is 10.9 Å². The van der Waals surface area contributed by atoms with Crippen LogP contribution in [0.5, 0.6) is 11.5 Å². The van der Waals surface area contributed by atoms with Crippen LogP contribution in [0.15, 0.2) is 47.8 Å². The van der Waals surface area contributed by atoms with Gasteiger partial charge in [0.05, 0.1) is 32.0 Å². The molecular formula is C19H19FN4O2S. The van der Waals surface area contributed by atoms with Gasteiger partial charge >= 0.3 is 0 Å². The van der Waals surface area contributed by atoms with Crippen molar-refractivity contribution in [2.24, 2.45) is 0 Å². The Balaban J connectivity index is 1.65. The van der Waals surface area contributed by atoms with Crippen molar-refractivity contribution in [1.29, 1.82) is 5.41 Å². The molecule has 0 amide bonds. The van der Waals surface area contributed by atoms with Crippen LogP contribution >= 0.6 is 11.3 Å². The van der Waals surface area contributed by atoms with Crippen LogP contribution in [0.2, 0.25) is 0 Å². The van der Waals surface area contributed by atoms with Crippen LogP contribution < -0.4 is 20.1 Å². The number of methoxy groups -OCH3 is 2. The van der Waals surface area contributed by atoms with Crippen LogP contribution in [0.4, 0.5) is 9.52 Å². The maximum absolute atomic E-state index is 13.9. The Kier molecular flexibility index (Phi) is 5.87. The molecule has 0 saturated carbocycles. The number of nitrogens with one attached hydrogen (secondary N) is 3. The smallest absolute Gasteiger partial charge is 0.195 e. The van der Waals surface area contributed by atoms with E-state index in [9.17, 15) is 4.39 Å². The standard InChI is InChI=1S/C19H19FN4O2S/c1-25-16-8-5-9-17(26-2)13(16)10-22-18(21)24-19-23-15(11-27-19)12-6-3-4-7-14(12)20/h3-9,11H,10H2,1-2H3,(H3,21,22,23,24). The molecule has 27 heavy (non-hydrogen) atoms. The second-order valence-corrected chi connectivity index (χ2v) is 6.37. The first kappa shape index (κ1) is 18.7. The van der Waals surface area contributed by atoms with Gasteiger partial charge in [0.1, 0.15) is 17.3 Å². The third-order valence-electron chi connectivity index (χ3n) is 3.86. The van der Waals surface area contributed by atoms with Crippen LogP contribution in [0.3, 0.4) is 0 Å². The van der Waals surface area contributed by atoms with Gasteiger partial charge in [-0.2, -0.15) is 0 Å². The van der Waals surface area contributed by atoms with Gasteiger partial charge in [-0.3, -0.25) is 5.41 Å². The quantitative estimate of drug-likeness (QED) is 0.439. The lowest BCUT2D eigenvalue weighted by Crippen LogP contribution is -2.29. The van der Waals surface area contributed by atoms with Gasteiger partial charge in [-0.15, -0.1) is 11.3 Å². The Labute approximate surface area is 160 Å². The molecule has 0 aliphatic rings. The highest BCUT2D eigenvalue weighted by atomic mass is 32.1. The van der Waals surface area contributed by atoms with Gasteiger partial charge < -0.3 is 20.1 Å². The number of rotatable bonds is 6. The molecule has 3 N–H and O–H groups in total. The van der Waals surface area contributed by atoms with Gasteiger partial charge in [0.15, 0.2) is 11.1 Å². The largest absolute Gasteiger partial charge is 0.496 e. The van der Waals surface area contributed by atoms with E-state index in [0.29, 0.717) is 34.4 Å². The number of ether oxygens (including phenoxy) is 2. The Morgan fingerprint density at radius 1 is 1.11 bits per heavy atom. The minimum absolute atomic E-state index is 0.0670. The van der Waals surface area contributed by atoms with E-state index >= 15 is 0 Å². The van der Waals surface area contributed by atoms with E-state index in [0.717, 1.165) is 5.56 Å². The van der Waals surface area contributed by atoms with Gasteiger partial charge in [0.2, 0.25) is 0 Å². The Morgan fingerprint density at radius 2 is 1.81 bits per heavy atom. The van der Waals surface area contributed by atoms with E-state index < -0.39 is 0 Å². The van der Waals surface area contributed by atoms with Crippen molar-refractivity contribution >= 4 is 22.4 Å². The summed E-state index contributed by atoms with van der Waals surface area (Å²) in [5, 5.41) is 16.2. The first-order chi connectivity index (χ1) is 13.1. The van der Waals surface area contributed by atoms with Crippen LogP contribution in [-0.2, 0) is 6.54 Å². The summed E-state index contributed by atoms with van der Waals surface area (Å²) >= 11 is 1.30. The zero-order valence-electron chi connectivity index (χ0n) is 14.9. The average molecular weight is 386 g/mol. The van der Waals surface area contributed by atoms with Crippen molar-refractivity contribution in [3.05, 3.63) is 59.2 Å². The third-order valence-corrected chi connectivity index (χ3v) is 4.62. The first-order valence-corrected chi connectivity index (χ1v) is 9.00. The second kappa shape index (κ2) is 8.50. The molecule has 0 aliphatic carbocycles. The van der Waals surface area contributed by atoms with Crippen molar-refractivity contribution in [3.63, 3.8) is 0 Å². The number of hydrogen-bond acceptors (Lipinski definition) is 5. The van der Waals surface area contributed by atoms with Crippen molar-refractivity contribution in [2.75, 3.05) is 19.5 Å². The van der Waals surface area contributed by atoms with Crippen molar-refractivity contribution in [1.82, 2.24) is 10.3 Å². The minimum atomic E-state index is -0.328. The van der Waals surface area contributed by atoms with E-state index in [-0.39, 0.29) is 11.8 Å². The molecule has 0 atom stereocenters. The summed E-state index contributed by atoms with van der Waals surface area (Å²) in [6, 6.07) is 12.0. The molecule has 1 aromatic heterocycles. The number of hydrogen-bond donors (Lipinski definition) is 3. The molecule has 8 heteroatoms. The lowest BCUT2D eigenvalue weighted by Gasteiger charge is -2.14. The topological polar surface area (TPSA) is 79.3 Å². The molecule has 3 rings (SSSR count). The monoisotopic (exact) mass is 386 g/mol. The molecular weight excluding hydrogens is 367 g/mol. The predicted molar refractivity (Wildman–Crippen MR) is 105 cm³/mol. The van der Waals surface area contributed by atoms with Gasteiger partial charge in [0.25, 0.3) is 0 Å². The van der Waals surface area contributed by atoms with E-state index in [2.05, 4.69) is 15.6 Å². The number of halogens is 1.